The number of unbranched alkanes of at least 4 members (excludes halogenated alkanes) is 4. The van der Waals surface area contributed by atoms with Gasteiger partial charge < -0.3 is 9.26 Å². The molecular formula is C22H24F2N2O2. The first-order valence-electron chi connectivity index (χ1n) is 9.66. The van der Waals surface area contributed by atoms with E-state index in [1.165, 1.54) is 43.7 Å². The fraction of sp³-hybridized carbons (Fsp3) is 0.364. The SMILES string of the molecule is CCCCCCCc1ccc(OCc2noc(-c3c(F)cccc3F)n2)cc1. The minimum Gasteiger partial charge on any atom is -0.485 e. The zero-order valence-electron chi connectivity index (χ0n) is 16.0. The first-order chi connectivity index (χ1) is 13.7. The van der Waals surface area contributed by atoms with E-state index in [-0.39, 0.29) is 23.9 Å². The third-order valence-corrected chi connectivity index (χ3v) is 4.51. The van der Waals surface area contributed by atoms with Crippen LogP contribution in [0.5, 0.6) is 5.75 Å². The number of ether oxygens (including phenoxy) is 1. The molecule has 3 aromatic rings. The van der Waals surface area contributed by atoms with Crippen LogP contribution in [0.25, 0.3) is 11.5 Å². The number of rotatable bonds is 10. The van der Waals surface area contributed by atoms with Crippen molar-refractivity contribution in [3.8, 4) is 17.2 Å². The summed E-state index contributed by atoms with van der Waals surface area (Å²) >= 11 is 0. The Morgan fingerprint density at radius 2 is 1.64 bits per heavy atom. The molecule has 0 spiro atoms. The lowest BCUT2D eigenvalue weighted by molar-refractivity contribution is 0.287. The first kappa shape index (κ1) is 20.0. The zero-order valence-corrected chi connectivity index (χ0v) is 16.0. The molecule has 0 bridgehead atoms. The van der Waals surface area contributed by atoms with Crippen LogP contribution in [0.4, 0.5) is 8.78 Å². The van der Waals surface area contributed by atoms with Gasteiger partial charge in [-0.2, -0.15) is 4.98 Å². The molecule has 6 heteroatoms. The van der Waals surface area contributed by atoms with Crippen molar-refractivity contribution in [2.45, 2.75) is 52.1 Å². The molecular weight excluding hydrogens is 362 g/mol. The summed E-state index contributed by atoms with van der Waals surface area (Å²) in [5.41, 5.74) is 0.949. The number of aryl methyl sites for hydroxylation is 1. The topological polar surface area (TPSA) is 48.2 Å². The summed E-state index contributed by atoms with van der Waals surface area (Å²) in [4.78, 5) is 4.02. The molecule has 4 nitrogen and oxygen atoms in total. The van der Waals surface area contributed by atoms with Crippen molar-refractivity contribution in [2.75, 3.05) is 0 Å². The van der Waals surface area contributed by atoms with Crippen LogP contribution in [0.2, 0.25) is 0 Å². The van der Waals surface area contributed by atoms with Gasteiger partial charge in [-0.15, -0.1) is 0 Å². The van der Waals surface area contributed by atoms with E-state index >= 15 is 0 Å². The quantitative estimate of drug-likeness (QED) is 0.395. The summed E-state index contributed by atoms with van der Waals surface area (Å²) in [6.07, 6.45) is 7.36. The molecule has 0 N–H and O–H groups in total. The minimum atomic E-state index is -0.749. The number of halogens is 2. The van der Waals surface area contributed by atoms with E-state index in [2.05, 4.69) is 17.1 Å². The summed E-state index contributed by atoms with van der Waals surface area (Å²) in [5.74, 6) is -0.800. The molecule has 28 heavy (non-hydrogen) atoms. The van der Waals surface area contributed by atoms with Gasteiger partial charge in [-0.05, 0) is 42.7 Å². The molecule has 0 aliphatic heterocycles. The van der Waals surface area contributed by atoms with Crippen molar-refractivity contribution >= 4 is 0 Å². The van der Waals surface area contributed by atoms with Crippen LogP contribution in [0.3, 0.4) is 0 Å². The Labute approximate surface area is 163 Å². The van der Waals surface area contributed by atoms with Crippen molar-refractivity contribution in [3.63, 3.8) is 0 Å². The summed E-state index contributed by atoms with van der Waals surface area (Å²) in [6, 6.07) is 11.5. The number of hydrogen-bond acceptors (Lipinski definition) is 4. The average molecular weight is 386 g/mol. The fourth-order valence-corrected chi connectivity index (χ4v) is 2.95. The molecule has 1 heterocycles. The van der Waals surface area contributed by atoms with Crippen LogP contribution in [-0.4, -0.2) is 10.1 Å². The van der Waals surface area contributed by atoms with Gasteiger partial charge in [-0.1, -0.05) is 56.0 Å². The van der Waals surface area contributed by atoms with Gasteiger partial charge in [0.25, 0.3) is 5.89 Å². The number of benzene rings is 2. The number of hydrogen-bond donors (Lipinski definition) is 0. The highest BCUT2D eigenvalue weighted by atomic mass is 19.1. The monoisotopic (exact) mass is 386 g/mol. The summed E-state index contributed by atoms with van der Waals surface area (Å²) in [5, 5.41) is 3.73. The first-order valence-corrected chi connectivity index (χ1v) is 9.66. The smallest absolute Gasteiger partial charge is 0.264 e. The second-order valence-electron chi connectivity index (χ2n) is 6.71. The third kappa shape index (κ3) is 5.38. The van der Waals surface area contributed by atoms with Gasteiger partial charge >= 0.3 is 0 Å². The molecule has 0 saturated heterocycles. The highest BCUT2D eigenvalue weighted by molar-refractivity contribution is 5.54. The van der Waals surface area contributed by atoms with E-state index in [9.17, 15) is 8.78 Å². The predicted octanol–water partition coefficient (Wildman–Crippen LogP) is 6.11. The number of aromatic nitrogens is 2. The van der Waals surface area contributed by atoms with Crippen LogP contribution in [-0.2, 0) is 13.0 Å². The molecule has 0 saturated carbocycles. The molecule has 0 fully saturated rings. The molecule has 148 valence electrons. The van der Waals surface area contributed by atoms with Gasteiger partial charge in [0.2, 0.25) is 5.82 Å². The molecule has 1 aromatic heterocycles. The second-order valence-corrected chi connectivity index (χ2v) is 6.71. The van der Waals surface area contributed by atoms with Crippen molar-refractivity contribution in [1.29, 1.82) is 0 Å². The molecule has 0 aliphatic carbocycles. The minimum absolute atomic E-state index is 0.0515. The fourth-order valence-electron chi connectivity index (χ4n) is 2.95. The van der Waals surface area contributed by atoms with Gasteiger partial charge in [0.05, 0.1) is 0 Å². The van der Waals surface area contributed by atoms with E-state index in [0.717, 1.165) is 18.6 Å². The maximum absolute atomic E-state index is 13.8. The highest BCUT2D eigenvalue weighted by Gasteiger charge is 2.18. The lowest BCUT2D eigenvalue weighted by Crippen LogP contribution is -1.98. The van der Waals surface area contributed by atoms with Crippen molar-refractivity contribution in [1.82, 2.24) is 10.1 Å². The maximum Gasteiger partial charge on any atom is 0.264 e. The Hall–Kier alpha value is -2.76. The Balaban J connectivity index is 1.52. The Morgan fingerprint density at radius 1 is 0.929 bits per heavy atom. The summed E-state index contributed by atoms with van der Waals surface area (Å²) in [6.45, 7) is 2.27. The van der Waals surface area contributed by atoms with Gasteiger partial charge in [0.15, 0.2) is 6.61 Å². The lowest BCUT2D eigenvalue weighted by atomic mass is 10.1. The number of nitrogens with zero attached hydrogens (tertiary/aromatic N) is 2. The van der Waals surface area contributed by atoms with E-state index < -0.39 is 11.6 Å². The van der Waals surface area contributed by atoms with Gasteiger partial charge in [-0.25, -0.2) is 8.78 Å². The van der Waals surface area contributed by atoms with Gasteiger partial charge in [-0.3, -0.25) is 0 Å². The normalized spacial score (nSPS) is 11.0. The molecule has 0 unspecified atom stereocenters. The molecule has 0 aliphatic rings. The van der Waals surface area contributed by atoms with E-state index in [0.29, 0.717) is 5.75 Å². The summed E-state index contributed by atoms with van der Waals surface area (Å²) in [7, 11) is 0. The van der Waals surface area contributed by atoms with Gasteiger partial charge in [0.1, 0.15) is 22.9 Å². The van der Waals surface area contributed by atoms with Crippen LogP contribution >= 0.6 is 0 Å². The third-order valence-electron chi connectivity index (χ3n) is 4.51. The maximum atomic E-state index is 13.8. The van der Waals surface area contributed by atoms with Crippen molar-refractivity contribution < 1.29 is 18.0 Å². The zero-order chi connectivity index (χ0) is 19.8. The van der Waals surface area contributed by atoms with E-state index in [1.807, 2.05) is 24.3 Å². The molecule has 2 aromatic carbocycles. The van der Waals surface area contributed by atoms with Crippen LogP contribution in [0, 0.1) is 11.6 Å². The van der Waals surface area contributed by atoms with Crippen LogP contribution < -0.4 is 4.74 Å². The molecule has 3 rings (SSSR count). The van der Waals surface area contributed by atoms with Crippen molar-refractivity contribution in [2.24, 2.45) is 0 Å². The van der Waals surface area contributed by atoms with Crippen LogP contribution in [0.1, 0.15) is 50.4 Å². The van der Waals surface area contributed by atoms with E-state index in [1.54, 1.807) is 0 Å². The highest BCUT2D eigenvalue weighted by Crippen LogP contribution is 2.24. The Bertz CT molecular complexity index is 858. The standard InChI is InChI=1S/C22H24F2N2O2/c1-2-3-4-5-6-8-16-11-13-17(14-12-16)27-15-20-25-22(28-26-20)21-18(23)9-7-10-19(21)24/h7,9-14H,2-6,8,15H2,1H3. The Morgan fingerprint density at radius 3 is 2.36 bits per heavy atom. The Kier molecular flexibility index (Phi) is 7.12. The van der Waals surface area contributed by atoms with Crippen LogP contribution in [0.15, 0.2) is 47.0 Å². The van der Waals surface area contributed by atoms with Crippen molar-refractivity contribution in [3.05, 3.63) is 65.5 Å². The lowest BCUT2D eigenvalue weighted by Gasteiger charge is -2.05. The molecule has 0 radical (unpaired) electrons. The second kappa shape index (κ2) is 9.97. The van der Waals surface area contributed by atoms with Gasteiger partial charge in [0, 0.05) is 0 Å². The largest absolute Gasteiger partial charge is 0.485 e. The van der Waals surface area contributed by atoms with E-state index in [4.69, 9.17) is 9.26 Å². The average Bonchev–Trinajstić information content (AvgIpc) is 3.15. The molecule has 0 amide bonds. The summed E-state index contributed by atoms with van der Waals surface area (Å²) < 4.78 is 38.2. The molecule has 0 atom stereocenters. The predicted molar refractivity (Wildman–Crippen MR) is 103 cm³/mol.